The van der Waals surface area contributed by atoms with Crippen molar-refractivity contribution in [1.82, 2.24) is 0 Å². The van der Waals surface area contributed by atoms with Gasteiger partial charge in [0.1, 0.15) is 6.04 Å². The summed E-state index contributed by atoms with van der Waals surface area (Å²) < 4.78 is 0. The molecule has 0 aromatic heterocycles. The van der Waals surface area contributed by atoms with E-state index in [4.69, 9.17) is 5.11 Å². The number of carboxylic acids is 1. The lowest BCUT2D eigenvalue weighted by molar-refractivity contribution is -0.138. The highest BCUT2D eigenvalue weighted by molar-refractivity contribution is 5.77. The molecule has 0 heterocycles. The standard InChI is InChI=1S/C14H21NO2/c1-9(2)11-6-5-7-12(8-11)15-13(10(3)4)14(16)17/h5-10,13,15H,1-4H3,(H,16,17). The summed E-state index contributed by atoms with van der Waals surface area (Å²) in [5, 5.41) is 12.2. The summed E-state index contributed by atoms with van der Waals surface area (Å²) in [6, 6.07) is 7.39. The molecule has 0 aliphatic heterocycles. The van der Waals surface area contributed by atoms with Gasteiger partial charge in [-0.15, -0.1) is 0 Å². The van der Waals surface area contributed by atoms with Gasteiger partial charge in [-0.05, 0) is 29.5 Å². The molecule has 94 valence electrons. The van der Waals surface area contributed by atoms with Crippen molar-refractivity contribution in [3.8, 4) is 0 Å². The second-order valence-corrected chi connectivity index (χ2v) is 4.98. The van der Waals surface area contributed by atoms with Crippen LogP contribution in [0.25, 0.3) is 0 Å². The molecule has 0 radical (unpaired) electrons. The number of benzene rings is 1. The van der Waals surface area contributed by atoms with E-state index in [-0.39, 0.29) is 5.92 Å². The number of anilines is 1. The number of hydrogen-bond donors (Lipinski definition) is 2. The Morgan fingerprint density at radius 3 is 2.35 bits per heavy atom. The summed E-state index contributed by atoms with van der Waals surface area (Å²) in [7, 11) is 0. The van der Waals surface area contributed by atoms with Crippen LogP contribution in [0, 0.1) is 5.92 Å². The van der Waals surface area contributed by atoms with Gasteiger partial charge in [0.2, 0.25) is 0 Å². The van der Waals surface area contributed by atoms with Crippen LogP contribution in [0.1, 0.15) is 39.2 Å². The van der Waals surface area contributed by atoms with Crippen molar-refractivity contribution < 1.29 is 9.90 Å². The third kappa shape index (κ3) is 3.77. The topological polar surface area (TPSA) is 49.3 Å². The zero-order valence-electron chi connectivity index (χ0n) is 10.9. The van der Waals surface area contributed by atoms with Crippen LogP contribution < -0.4 is 5.32 Å². The van der Waals surface area contributed by atoms with Gasteiger partial charge >= 0.3 is 5.97 Å². The van der Waals surface area contributed by atoms with Crippen LogP contribution in [-0.2, 0) is 4.79 Å². The number of carbonyl (C=O) groups is 1. The SMILES string of the molecule is CC(C)c1cccc(NC(C(=O)O)C(C)C)c1. The minimum atomic E-state index is -0.810. The highest BCUT2D eigenvalue weighted by Gasteiger charge is 2.20. The molecule has 1 unspecified atom stereocenters. The van der Waals surface area contributed by atoms with E-state index in [9.17, 15) is 4.79 Å². The number of aliphatic carboxylic acids is 1. The first kappa shape index (κ1) is 13.6. The van der Waals surface area contributed by atoms with E-state index in [0.29, 0.717) is 5.92 Å². The fourth-order valence-corrected chi connectivity index (χ4v) is 1.68. The second kappa shape index (κ2) is 5.71. The minimum Gasteiger partial charge on any atom is -0.480 e. The Hall–Kier alpha value is -1.51. The Labute approximate surface area is 103 Å². The minimum absolute atomic E-state index is 0.0511. The van der Waals surface area contributed by atoms with E-state index in [1.54, 1.807) is 0 Å². The number of carboxylic acid groups (broad SMARTS) is 1. The van der Waals surface area contributed by atoms with Gasteiger partial charge in [-0.1, -0.05) is 39.8 Å². The summed E-state index contributed by atoms with van der Waals surface area (Å²) in [4.78, 5) is 11.1. The van der Waals surface area contributed by atoms with Crippen LogP contribution in [0.15, 0.2) is 24.3 Å². The number of nitrogens with one attached hydrogen (secondary N) is 1. The largest absolute Gasteiger partial charge is 0.480 e. The predicted octanol–water partition coefficient (Wildman–Crippen LogP) is 3.33. The van der Waals surface area contributed by atoms with Gasteiger partial charge in [-0.25, -0.2) is 4.79 Å². The van der Waals surface area contributed by atoms with E-state index in [1.165, 1.54) is 5.56 Å². The molecular formula is C14H21NO2. The Kier molecular flexibility index (Phi) is 4.55. The van der Waals surface area contributed by atoms with Crippen molar-refractivity contribution >= 4 is 11.7 Å². The first-order valence-corrected chi connectivity index (χ1v) is 6.01. The molecule has 0 bridgehead atoms. The quantitative estimate of drug-likeness (QED) is 0.823. The predicted molar refractivity (Wildman–Crippen MR) is 70.4 cm³/mol. The molecule has 3 nitrogen and oxygen atoms in total. The van der Waals surface area contributed by atoms with Crippen molar-refractivity contribution in [3.63, 3.8) is 0 Å². The van der Waals surface area contributed by atoms with Gasteiger partial charge in [0.25, 0.3) is 0 Å². The molecule has 0 aliphatic carbocycles. The smallest absolute Gasteiger partial charge is 0.326 e. The third-order valence-corrected chi connectivity index (χ3v) is 2.81. The average Bonchev–Trinajstić information content (AvgIpc) is 2.25. The molecule has 1 rings (SSSR count). The molecule has 3 heteroatoms. The molecule has 1 aromatic carbocycles. The average molecular weight is 235 g/mol. The van der Waals surface area contributed by atoms with E-state index in [0.717, 1.165) is 5.69 Å². The molecule has 0 saturated heterocycles. The van der Waals surface area contributed by atoms with Crippen LogP contribution in [0.4, 0.5) is 5.69 Å². The molecule has 0 saturated carbocycles. The van der Waals surface area contributed by atoms with Crippen molar-refractivity contribution in [2.24, 2.45) is 5.92 Å². The van der Waals surface area contributed by atoms with E-state index < -0.39 is 12.0 Å². The molecule has 0 spiro atoms. The molecule has 2 N–H and O–H groups in total. The fourth-order valence-electron chi connectivity index (χ4n) is 1.68. The van der Waals surface area contributed by atoms with Gasteiger partial charge in [0, 0.05) is 5.69 Å². The molecule has 0 fully saturated rings. The zero-order valence-corrected chi connectivity index (χ0v) is 10.9. The van der Waals surface area contributed by atoms with E-state index in [1.807, 2.05) is 32.0 Å². The highest BCUT2D eigenvalue weighted by atomic mass is 16.4. The van der Waals surface area contributed by atoms with Gasteiger partial charge in [0.15, 0.2) is 0 Å². The summed E-state index contributed by atoms with van der Waals surface area (Å²) in [5.41, 5.74) is 2.08. The van der Waals surface area contributed by atoms with Gasteiger partial charge in [-0.2, -0.15) is 0 Å². The number of rotatable bonds is 5. The van der Waals surface area contributed by atoms with Crippen LogP contribution in [0.5, 0.6) is 0 Å². The summed E-state index contributed by atoms with van der Waals surface area (Å²) in [6.07, 6.45) is 0. The Bertz CT molecular complexity index is 386. The molecule has 17 heavy (non-hydrogen) atoms. The maximum absolute atomic E-state index is 11.1. The van der Waals surface area contributed by atoms with Crippen LogP contribution in [0.3, 0.4) is 0 Å². The zero-order chi connectivity index (χ0) is 13.0. The molecule has 1 aromatic rings. The normalized spacial score (nSPS) is 12.8. The summed E-state index contributed by atoms with van der Waals surface area (Å²) in [6.45, 7) is 8.04. The second-order valence-electron chi connectivity index (χ2n) is 4.98. The van der Waals surface area contributed by atoms with Gasteiger partial charge in [0.05, 0.1) is 0 Å². The first-order valence-electron chi connectivity index (χ1n) is 6.01. The van der Waals surface area contributed by atoms with Gasteiger partial charge < -0.3 is 10.4 Å². The molecule has 0 amide bonds. The third-order valence-electron chi connectivity index (χ3n) is 2.81. The Balaban J connectivity index is 2.86. The summed E-state index contributed by atoms with van der Waals surface area (Å²) in [5.74, 6) is -0.316. The monoisotopic (exact) mass is 235 g/mol. The van der Waals surface area contributed by atoms with E-state index in [2.05, 4.69) is 25.2 Å². The van der Waals surface area contributed by atoms with Crippen LogP contribution in [0.2, 0.25) is 0 Å². The lowest BCUT2D eigenvalue weighted by Crippen LogP contribution is -2.34. The maximum Gasteiger partial charge on any atom is 0.326 e. The molecular weight excluding hydrogens is 214 g/mol. The first-order chi connectivity index (χ1) is 7.91. The van der Waals surface area contributed by atoms with Gasteiger partial charge in [-0.3, -0.25) is 0 Å². The van der Waals surface area contributed by atoms with Crippen LogP contribution >= 0.6 is 0 Å². The van der Waals surface area contributed by atoms with Crippen molar-refractivity contribution in [2.45, 2.75) is 39.7 Å². The maximum atomic E-state index is 11.1. The van der Waals surface area contributed by atoms with Crippen molar-refractivity contribution in [2.75, 3.05) is 5.32 Å². The lowest BCUT2D eigenvalue weighted by atomic mass is 10.0. The van der Waals surface area contributed by atoms with Crippen molar-refractivity contribution in [3.05, 3.63) is 29.8 Å². The van der Waals surface area contributed by atoms with E-state index >= 15 is 0 Å². The molecule has 1 atom stereocenters. The van der Waals surface area contributed by atoms with Crippen molar-refractivity contribution in [1.29, 1.82) is 0 Å². The fraction of sp³-hybridized carbons (Fsp3) is 0.500. The van der Waals surface area contributed by atoms with Crippen LogP contribution in [-0.4, -0.2) is 17.1 Å². The molecule has 0 aliphatic rings. The lowest BCUT2D eigenvalue weighted by Gasteiger charge is -2.20. The Morgan fingerprint density at radius 1 is 1.24 bits per heavy atom. The highest BCUT2D eigenvalue weighted by Crippen LogP contribution is 2.20. The summed E-state index contributed by atoms with van der Waals surface area (Å²) >= 11 is 0. The number of hydrogen-bond acceptors (Lipinski definition) is 2. The Morgan fingerprint density at radius 2 is 1.88 bits per heavy atom.